The normalized spacial score (nSPS) is 19.4. The molecule has 0 saturated carbocycles. The number of hydrogen-bond acceptors (Lipinski definition) is 0. The van der Waals surface area contributed by atoms with E-state index < -0.39 is 0 Å². The fourth-order valence-electron chi connectivity index (χ4n) is 2.17. The first-order valence-corrected chi connectivity index (χ1v) is 5.23. The van der Waals surface area contributed by atoms with Gasteiger partial charge in [0, 0.05) is 5.92 Å². The van der Waals surface area contributed by atoms with Crippen molar-refractivity contribution in [1.29, 1.82) is 0 Å². The second-order valence-electron chi connectivity index (χ2n) is 3.96. The Morgan fingerprint density at radius 1 is 1.36 bits per heavy atom. The number of hydrogen-bond donors (Lipinski definition) is 0. The monoisotopic (exact) mass is 190 g/mol. The van der Waals surface area contributed by atoms with Crippen LogP contribution < -0.4 is 0 Å². The topological polar surface area (TPSA) is 0 Å². The minimum Gasteiger partial charge on any atom is -0.207 e. The molecule has 1 aliphatic rings. The molecule has 0 aliphatic heterocycles. The second-order valence-corrected chi connectivity index (χ2v) is 3.96. The van der Waals surface area contributed by atoms with Crippen LogP contribution in [-0.4, -0.2) is 0 Å². The molecule has 14 heavy (non-hydrogen) atoms. The van der Waals surface area contributed by atoms with Gasteiger partial charge in [0.1, 0.15) is 5.82 Å². The highest BCUT2D eigenvalue weighted by atomic mass is 19.1. The average molecular weight is 190 g/mol. The van der Waals surface area contributed by atoms with E-state index >= 15 is 0 Å². The summed E-state index contributed by atoms with van der Waals surface area (Å²) < 4.78 is 13.1. The number of allylic oxidation sites excluding steroid dienone is 2. The number of halogens is 1. The lowest BCUT2D eigenvalue weighted by Crippen LogP contribution is -1.89. The van der Waals surface area contributed by atoms with E-state index in [1.54, 1.807) is 12.1 Å². The Morgan fingerprint density at radius 3 is 2.86 bits per heavy atom. The number of fused-ring (bicyclic) bond motifs is 1. The Kier molecular flexibility index (Phi) is 2.40. The second kappa shape index (κ2) is 3.56. The molecule has 0 amide bonds. The molecule has 0 bridgehead atoms. The van der Waals surface area contributed by atoms with Crippen molar-refractivity contribution in [3.63, 3.8) is 0 Å². The smallest absolute Gasteiger partial charge is 0.123 e. The van der Waals surface area contributed by atoms with E-state index in [-0.39, 0.29) is 5.82 Å². The average Bonchev–Trinajstić information content (AvgIpc) is 2.44. The Balaban J connectivity index is 2.43. The maximum Gasteiger partial charge on any atom is 0.123 e. The van der Waals surface area contributed by atoms with Gasteiger partial charge in [-0.3, -0.25) is 0 Å². The van der Waals surface area contributed by atoms with Gasteiger partial charge in [0.25, 0.3) is 0 Å². The third-order valence-corrected chi connectivity index (χ3v) is 2.82. The zero-order valence-electron chi connectivity index (χ0n) is 8.68. The van der Waals surface area contributed by atoms with Crippen molar-refractivity contribution < 1.29 is 4.39 Å². The van der Waals surface area contributed by atoms with Crippen LogP contribution in [0.25, 0.3) is 5.57 Å². The summed E-state index contributed by atoms with van der Waals surface area (Å²) in [6.07, 6.45) is 4.43. The summed E-state index contributed by atoms with van der Waals surface area (Å²) in [6, 6.07) is 5.13. The van der Waals surface area contributed by atoms with Crippen LogP contribution in [0.3, 0.4) is 0 Å². The van der Waals surface area contributed by atoms with Crippen molar-refractivity contribution in [3.05, 3.63) is 41.2 Å². The molecule has 0 saturated heterocycles. The third-order valence-electron chi connectivity index (χ3n) is 2.82. The molecule has 0 nitrogen and oxygen atoms in total. The Bertz CT molecular complexity index is 377. The quantitative estimate of drug-likeness (QED) is 0.657. The van der Waals surface area contributed by atoms with E-state index in [2.05, 4.69) is 19.9 Å². The van der Waals surface area contributed by atoms with E-state index in [9.17, 15) is 4.39 Å². The fourth-order valence-corrected chi connectivity index (χ4v) is 2.17. The molecule has 0 spiro atoms. The van der Waals surface area contributed by atoms with Gasteiger partial charge < -0.3 is 0 Å². The summed E-state index contributed by atoms with van der Waals surface area (Å²) in [5.41, 5.74) is 3.71. The number of rotatable bonds is 2. The first kappa shape index (κ1) is 9.45. The van der Waals surface area contributed by atoms with Gasteiger partial charge in [-0.2, -0.15) is 0 Å². The third kappa shape index (κ3) is 1.47. The van der Waals surface area contributed by atoms with Gasteiger partial charge in [-0.15, -0.1) is 0 Å². The molecular formula is C13H15F. The van der Waals surface area contributed by atoms with Gasteiger partial charge >= 0.3 is 0 Å². The van der Waals surface area contributed by atoms with Crippen LogP contribution in [0.4, 0.5) is 4.39 Å². The molecule has 1 heteroatoms. The van der Waals surface area contributed by atoms with Crippen LogP contribution in [-0.2, 0) is 0 Å². The van der Waals surface area contributed by atoms with Crippen LogP contribution in [0.1, 0.15) is 43.7 Å². The molecule has 0 heterocycles. The highest BCUT2D eigenvalue weighted by molar-refractivity contribution is 5.74. The molecule has 1 unspecified atom stereocenters. The van der Waals surface area contributed by atoms with Crippen LogP contribution in [0.15, 0.2) is 24.3 Å². The van der Waals surface area contributed by atoms with E-state index in [4.69, 9.17) is 0 Å². The van der Waals surface area contributed by atoms with Gasteiger partial charge in [0.2, 0.25) is 0 Å². The molecule has 0 N–H and O–H groups in total. The summed E-state index contributed by atoms with van der Waals surface area (Å²) in [7, 11) is 0. The maximum absolute atomic E-state index is 13.1. The summed E-state index contributed by atoms with van der Waals surface area (Å²) in [4.78, 5) is 0. The largest absolute Gasteiger partial charge is 0.207 e. The van der Waals surface area contributed by atoms with E-state index in [1.807, 2.05) is 6.07 Å². The molecule has 1 aromatic rings. The van der Waals surface area contributed by atoms with Crippen LogP contribution in [0.2, 0.25) is 0 Å². The molecule has 1 aliphatic carbocycles. The highest BCUT2D eigenvalue weighted by Crippen LogP contribution is 2.37. The fraction of sp³-hybridized carbons (Fsp3) is 0.385. The van der Waals surface area contributed by atoms with Crippen molar-refractivity contribution in [2.75, 3.05) is 0 Å². The summed E-state index contributed by atoms with van der Waals surface area (Å²) in [5, 5.41) is 0. The van der Waals surface area contributed by atoms with Crippen molar-refractivity contribution in [3.8, 4) is 0 Å². The van der Waals surface area contributed by atoms with Crippen LogP contribution >= 0.6 is 0 Å². The van der Waals surface area contributed by atoms with Crippen molar-refractivity contribution in [2.24, 2.45) is 0 Å². The molecule has 0 fully saturated rings. The lowest BCUT2D eigenvalue weighted by molar-refractivity contribution is 0.626. The zero-order valence-corrected chi connectivity index (χ0v) is 8.68. The zero-order chi connectivity index (χ0) is 10.1. The van der Waals surface area contributed by atoms with E-state index in [1.165, 1.54) is 11.1 Å². The van der Waals surface area contributed by atoms with E-state index in [0.717, 1.165) is 18.4 Å². The minimum absolute atomic E-state index is 0.125. The molecule has 2 rings (SSSR count). The van der Waals surface area contributed by atoms with Crippen molar-refractivity contribution >= 4 is 5.57 Å². The minimum atomic E-state index is -0.125. The van der Waals surface area contributed by atoms with E-state index in [0.29, 0.717) is 5.92 Å². The molecular weight excluding hydrogens is 175 g/mol. The predicted octanol–water partition coefficient (Wildman–Crippen LogP) is 4.13. The van der Waals surface area contributed by atoms with Crippen molar-refractivity contribution in [2.45, 2.75) is 32.6 Å². The molecule has 74 valence electrons. The summed E-state index contributed by atoms with van der Waals surface area (Å²) in [5.74, 6) is 0.326. The van der Waals surface area contributed by atoms with Crippen LogP contribution in [0, 0.1) is 5.82 Å². The first-order valence-electron chi connectivity index (χ1n) is 5.23. The van der Waals surface area contributed by atoms with Gasteiger partial charge in [-0.05, 0) is 35.3 Å². The molecule has 1 atom stereocenters. The first-order chi connectivity index (χ1) is 6.72. The van der Waals surface area contributed by atoms with Crippen molar-refractivity contribution in [1.82, 2.24) is 0 Å². The van der Waals surface area contributed by atoms with Gasteiger partial charge in [-0.25, -0.2) is 4.39 Å². The SMILES string of the molecule is CCCC1=CC(C)c2ccc(F)cc21. The number of benzene rings is 1. The lowest BCUT2D eigenvalue weighted by atomic mass is 10.0. The highest BCUT2D eigenvalue weighted by Gasteiger charge is 2.19. The lowest BCUT2D eigenvalue weighted by Gasteiger charge is -2.05. The summed E-state index contributed by atoms with van der Waals surface area (Å²) in [6.45, 7) is 4.32. The van der Waals surface area contributed by atoms with Crippen LogP contribution in [0.5, 0.6) is 0 Å². The predicted molar refractivity (Wildman–Crippen MR) is 57.7 cm³/mol. The summed E-state index contributed by atoms with van der Waals surface area (Å²) >= 11 is 0. The van der Waals surface area contributed by atoms with Gasteiger partial charge in [0.15, 0.2) is 0 Å². The Labute approximate surface area is 84.5 Å². The van der Waals surface area contributed by atoms with Gasteiger partial charge in [0.05, 0.1) is 0 Å². The molecule has 0 aromatic heterocycles. The van der Waals surface area contributed by atoms with Gasteiger partial charge in [-0.1, -0.05) is 32.4 Å². The molecule has 0 radical (unpaired) electrons. The molecule has 1 aromatic carbocycles. The Hall–Kier alpha value is -1.11. The standard InChI is InChI=1S/C13H15F/c1-3-4-10-7-9(2)12-6-5-11(14)8-13(10)12/h5-9H,3-4H2,1-2H3. The Morgan fingerprint density at radius 2 is 2.14 bits per heavy atom. The maximum atomic E-state index is 13.1.